The molecule has 0 atom stereocenters. The lowest BCUT2D eigenvalue weighted by atomic mass is 9.94. The highest BCUT2D eigenvalue weighted by molar-refractivity contribution is 6.36. The van der Waals surface area contributed by atoms with Crippen LogP contribution < -0.4 is 0 Å². The molecule has 0 heterocycles. The summed E-state index contributed by atoms with van der Waals surface area (Å²) in [6, 6.07) is 5.37. The van der Waals surface area contributed by atoms with Crippen molar-refractivity contribution in [2.24, 2.45) is 0 Å². The normalized spacial score (nSPS) is 16.6. The first-order chi connectivity index (χ1) is 8.59. The van der Waals surface area contributed by atoms with Gasteiger partial charge in [-0.25, -0.2) is 0 Å². The first kappa shape index (κ1) is 13.7. The van der Waals surface area contributed by atoms with Crippen LogP contribution in [0.4, 0.5) is 0 Å². The van der Waals surface area contributed by atoms with Crippen molar-refractivity contribution in [3.63, 3.8) is 0 Å². The molecule has 0 spiro atoms. The second-order valence-electron chi connectivity index (χ2n) is 4.83. The molecular formula is C14H17Cl2NO. The van der Waals surface area contributed by atoms with E-state index in [2.05, 4.69) is 0 Å². The summed E-state index contributed by atoms with van der Waals surface area (Å²) < 4.78 is 0. The van der Waals surface area contributed by atoms with Crippen LogP contribution in [0.3, 0.4) is 0 Å². The molecule has 0 bridgehead atoms. The number of hydrogen-bond donors (Lipinski definition) is 0. The molecule has 0 aromatic heterocycles. The monoisotopic (exact) mass is 285 g/mol. The predicted molar refractivity (Wildman–Crippen MR) is 75.4 cm³/mol. The van der Waals surface area contributed by atoms with Crippen molar-refractivity contribution in [2.45, 2.75) is 38.1 Å². The molecule has 18 heavy (non-hydrogen) atoms. The van der Waals surface area contributed by atoms with Crippen molar-refractivity contribution in [2.75, 3.05) is 7.05 Å². The summed E-state index contributed by atoms with van der Waals surface area (Å²) in [4.78, 5) is 14.2. The maximum absolute atomic E-state index is 12.4. The SMILES string of the molecule is CN(C(=O)c1ccc(Cl)cc1Cl)C1CCCCC1. The molecule has 98 valence electrons. The highest BCUT2D eigenvalue weighted by atomic mass is 35.5. The topological polar surface area (TPSA) is 20.3 Å². The van der Waals surface area contributed by atoms with Crippen LogP contribution in [0.15, 0.2) is 18.2 Å². The van der Waals surface area contributed by atoms with Crippen molar-refractivity contribution in [3.05, 3.63) is 33.8 Å². The molecule has 0 aliphatic heterocycles. The van der Waals surface area contributed by atoms with Crippen LogP contribution in [-0.2, 0) is 0 Å². The first-order valence-electron chi connectivity index (χ1n) is 6.32. The number of hydrogen-bond acceptors (Lipinski definition) is 1. The molecule has 2 nitrogen and oxygen atoms in total. The number of rotatable bonds is 2. The Hall–Kier alpha value is -0.730. The summed E-state index contributed by atoms with van der Waals surface area (Å²) in [6.07, 6.45) is 5.87. The fraction of sp³-hybridized carbons (Fsp3) is 0.500. The van der Waals surface area contributed by atoms with Crippen LogP contribution in [0.1, 0.15) is 42.5 Å². The number of nitrogens with zero attached hydrogens (tertiary/aromatic N) is 1. The lowest BCUT2D eigenvalue weighted by Crippen LogP contribution is -2.38. The fourth-order valence-electron chi connectivity index (χ4n) is 2.49. The quantitative estimate of drug-likeness (QED) is 0.789. The molecule has 1 aromatic rings. The van der Waals surface area contributed by atoms with Gasteiger partial charge >= 0.3 is 0 Å². The average molecular weight is 286 g/mol. The van der Waals surface area contributed by atoms with E-state index in [4.69, 9.17) is 23.2 Å². The summed E-state index contributed by atoms with van der Waals surface area (Å²) in [5.41, 5.74) is 0.536. The third kappa shape index (κ3) is 2.99. The van der Waals surface area contributed by atoms with Gasteiger partial charge in [-0.3, -0.25) is 4.79 Å². The van der Waals surface area contributed by atoms with Crippen molar-refractivity contribution in [3.8, 4) is 0 Å². The fourth-order valence-corrected chi connectivity index (χ4v) is 2.98. The molecule has 1 aromatic carbocycles. The van der Waals surface area contributed by atoms with Crippen LogP contribution in [0, 0.1) is 0 Å². The molecule has 0 unspecified atom stereocenters. The molecule has 1 saturated carbocycles. The van der Waals surface area contributed by atoms with E-state index in [0.717, 1.165) is 12.8 Å². The van der Waals surface area contributed by atoms with Crippen LogP contribution in [0.5, 0.6) is 0 Å². The zero-order valence-electron chi connectivity index (χ0n) is 10.5. The Morgan fingerprint density at radius 1 is 1.22 bits per heavy atom. The third-order valence-corrected chi connectivity index (χ3v) is 4.15. The Kier molecular flexibility index (Phi) is 4.52. The van der Waals surface area contributed by atoms with E-state index >= 15 is 0 Å². The van der Waals surface area contributed by atoms with Gasteiger partial charge < -0.3 is 4.90 Å². The number of halogens is 2. The minimum absolute atomic E-state index is 0.0106. The van der Waals surface area contributed by atoms with E-state index in [1.54, 1.807) is 18.2 Å². The van der Waals surface area contributed by atoms with Gasteiger partial charge in [-0.05, 0) is 31.0 Å². The maximum atomic E-state index is 12.4. The molecule has 1 fully saturated rings. The van der Waals surface area contributed by atoms with Crippen molar-refractivity contribution in [1.29, 1.82) is 0 Å². The van der Waals surface area contributed by atoms with Gasteiger partial charge in [0.2, 0.25) is 0 Å². The Balaban J connectivity index is 2.14. The highest BCUT2D eigenvalue weighted by Crippen LogP contribution is 2.26. The molecule has 2 rings (SSSR count). The average Bonchev–Trinajstić information content (AvgIpc) is 2.38. The Bertz CT molecular complexity index is 441. The first-order valence-corrected chi connectivity index (χ1v) is 7.07. The van der Waals surface area contributed by atoms with Crippen LogP contribution >= 0.6 is 23.2 Å². The largest absolute Gasteiger partial charge is 0.339 e. The summed E-state index contributed by atoms with van der Waals surface area (Å²) >= 11 is 11.9. The molecule has 4 heteroatoms. The second kappa shape index (κ2) is 5.94. The van der Waals surface area contributed by atoms with Crippen molar-refractivity contribution >= 4 is 29.1 Å². The van der Waals surface area contributed by atoms with E-state index in [1.807, 2.05) is 11.9 Å². The Morgan fingerprint density at radius 2 is 1.89 bits per heavy atom. The Labute approximate surface area is 118 Å². The van der Waals surface area contributed by atoms with E-state index < -0.39 is 0 Å². The van der Waals surface area contributed by atoms with E-state index in [0.29, 0.717) is 21.7 Å². The van der Waals surface area contributed by atoms with Crippen LogP contribution in [0.25, 0.3) is 0 Å². The van der Waals surface area contributed by atoms with Gasteiger partial charge in [0.15, 0.2) is 0 Å². The van der Waals surface area contributed by atoms with Crippen LogP contribution in [0.2, 0.25) is 10.0 Å². The zero-order chi connectivity index (χ0) is 13.1. The molecule has 0 N–H and O–H groups in total. The lowest BCUT2D eigenvalue weighted by molar-refractivity contribution is 0.0696. The predicted octanol–water partition coefficient (Wildman–Crippen LogP) is 4.40. The lowest BCUT2D eigenvalue weighted by Gasteiger charge is -2.31. The van der Waals surface area contributed by atoms with Crippen LogP contribution in [-0.4, -0.2) is 23.9 Å². The third-order valence-electron chi connectivity index (χ3n) is 3.60. The summed E-state index contributed by atoms with van der Waals surface area (Å²) in [6.45, 7) is 0. The van der Waals surface area contributed by atoms with Gasteiger partial charge in [0.25, 0.3) is 5.91 Å². The number of carbonyl (C=O) groups excluding carboxylic acids is 1. The van der Waals surface area contributed by atoms with Gasteiger partial charge in [-0.2, -0.15) is 0 Å². The minimum atomic E-state index is -0.0106. The maximum Gasteiger partial charge on any atom is 0.255 e. The molecule has 1 aliphatic carbocycles. The Morgan fingerprint density at radius 3 is 2.50 bits per heavy atom. The van der Waals surface area contributed by atoms with Gasteiger partial charge in [-0.15, -0.1) is 0 Å². The standard InChI is InChI=1S/C14H17Cl2NO/c1-17(11-5-3-2-4-6-11)14(18)12-8-7-10(15)9-13(12)16/h7-9,11H,2-6H2,1H3. The molecule has 1 amide bonds. The van der Waals surface area contributed by atoms with Gasteiger partial charge in [-0.1, -0.05) is 42.5 Å². The smallest absolute Gasteiger partial charge is 0.255 e. The number of carbonyl (C=O) groups is 1. The van der Waals surface area contributed by atoms with E-state index in [9.17, 15) is 4.79 Å². The number of amides is 1. The van der Waals surface area contributed by atoms with E-state index in [-0.39, 0.29) is 5.91 Å². The van der Waals surface area contributed by atoms with Crippen molar-refractivity contribution in [1.82, 2.24) is 4.90 Å². The highest BCUT2D eigenvalue weighted by Gasteiger charge is 2.24. The molecule has 0 saturated heterocycles. The van der Waals surface area contributed by atoms with Gasteiger partial charge in [0.1, 0.15) is 0 Å². The van der Waals surface area contributed by atoms with Crippen molar-refractivity contribution < 1.29 is 4.79 Å². The summed E-state index contributed by atoms with van der Waals surface area (Å²) in [5, 5.41) is 0.979. The number of benzene rings is 1. The molecular weight excluding hydrogens is 269 g/mol. The second-order valence-corrected chi connectivity index (χ2v) is 5.68. The van der Waals surface area contributed by atoms with E-state index in [1.165, 1.54) is 19.3 Å². The molecule has 0 radical (unpaired) electrons. The summed E-state index contributed by atoms with van der Waals surface area (Å²) in [5.74, 6) is -0.0106. The zero-order valence-corrected chi connectivity index (χ0v) is 12.0. The van der Waals surface area contributed by atoms with Gasteiger partial charge in [0.05, 0.1) is 10.6 Å². The minimum Gasteiger partial charge on any atom is -0.339 e. The molecule has 1 aliphatic rings. The van der Waals surface area contributed by atoms with Gasteiger partial charge in [0, 0.05) is 18.1 Å². The summed E-state index contributed by atoms with van der Waals surface area (Å²) in [7, 11) is 1.86.